The molecule has 0 spiro atoms. The van der Waals surface area contributed by atoms with E-state index >= 15 is 0 Å². The monoisotopic (exact) mass is 472 g/mol. The van der Waals surface area contributed by atoms with Crippen molar-refractivity contribution in [3.05, 3.63) is 42.3 Å². The maximum absolute atomic E-state index is 13.6. The Balaban J connectivity index is 1.37. The lowest BCUT2D eigenvalue weighted by Crippen LogP contribution is -2.42. The number of anilines is 1. The van der Waals surface area contributed by atoms with Gasteiger partial charge in [0.25, 0.3) is 11.8 Å². The van der Waals surface area contributed by atoms with Gasteiger partial charge in [0.2, 0.25) is 11.5 Å². The summed E-state index contributed by atoms with van der Waals surface area (Å²) in [5.41, 5.74) is 0.0145. The average Bonchev–Trinajstić information content (AvgIpc) is 3.41. The van der Waals surface area contributed by atoms with Crippen molar-refractivity contribution in [2.24, 2.45) is 0 Å². The predicted molar refractivity (Wildman–Crippen MR) is 115 cm³/mol. The number of ether oxygens (including phenoxy) is 1. The van der Waals surface area contributed by atoms with Crippen molar-refractivity contribution in [3.8, 4) is 22.8 Å². The smallest absolute Gasteiger partial charge is 0.273 e. The van der Waals surface area contributed by atoms with Crippen LogP contribution in [0.15, 0.2) is 41.1 Å². The lowest BCUT2D eigenvalue weighted by atomic mass is 9.98. The number of amides is 1. The molecular formula is C22H22F2N6O4. The van der Waals surface area contributed by atoms with E-state index in [0.29, 0.717) is 29.3 Å². The molecule has 12 heteroatoms. The molecule has 2 unspecified atom stereocenters. The predicted octanol–water partition coefficient (Wildman–Crippen LogP) is 2.08. The summed E-state index contributed by atoms with van der Waals surface area (Å²) in [7, 11) is 1.61. The van der Waals surface area contributed by atoms with Gasteiger partial charge in [0, 0.05) is 38.7 Å². The van der Waals surface area contributed by atoms with Crippen LogP contribution in [0.1, 0.15) is 18.6 Å². The number of likely N-dealkylation sites (N-methyl/N-ethyl adjacent to an activating group) is 1. The Morgan fingerprint density at radius 1 is 1.18 bits per heavy atom. The van der Waals surface area contributed by atoms with Crippen LogP contribution in [0.3, 0.4) is 0 Å². The fourth-order valence-electron chi connectivity index (χ4n) is 4.07. The summed E-state index contributed by atoms with van der Waals surface area (Å²) >= 11 is 0. The van der Waals surface area contributed by atoms with E-state index in [9.17, 15) is 18.7 Å². The molecular weight excluding hydrogens is 450 g/mol. The number of alkyl halides is 2. The Morgan fingerprint density at radius 2 is 1.94 bits per heavy atom. The average molecular weight is 472 g/mol. The minimum atomic E-state index is -2.90. The number of rotatable bonds is 5. The number of likely N-dealkylation sites (tertiary alicyclic amines) is 1. The first kappa shape index (κ1) is 22.3. The van der Waals surface area contributed by atoms with E-state index in [1.807, 2.05) is 0 Å². The van der Waals surface area contributed by atoms with Gasteiger partial charge in [0.15, 0.2) is 5.76 Å². The molecule has 2 N–H and O–H groups in total. The number of hydrogen-bond donors (Lipinski definition) is 2. The van der Waals surface area contributed by atoms with E-state index in [1.54, 1.807) is 31.3 Å². The Bertz CT molecular complexity index is 1220. The Labute approximate surface area is 193 Å². The van der Waals surface area contributed by atoms with Crippen LogP contribution in [0.2, 0.25) is 0 Å². The van der Waals surface area contributed by atoms with E-state index in [4.69, 9.17) is 9.26 Å². The van der Waals surface area contributed by atoms with Crippen molar-refractivity contribution < 1.29 is 27.9 Å². The highest BCUT2D eigenvalue weighted by atomic mass is 19.3. The number of nitrogens with zero attached hydrogens (tertiary/aromatic N) is 5. The minimum absolute atomic E-state index is 0.0593. The van der Waals surface area contributed by atoms with Crippen LogP contribution in [-0.4, -0.2) is 74.8 Å². The van der Waals surface area contributed by atoms with E-state index in [1.165, 1.54) is 17.2 Å². The quantitative estimate of drug-likeness (QED) is 0.574. The zero-order chi connectivity index (χ0) is 23.9. The van der Waals surface area contributed by atoms with Crippen molar-refractivity contribution in [1.29, 1.82) is 0 Å². The van der Waals surface area contributed by atoms with Crippen LogP contribution in [0.4, 0.5) is 14.7 Å². The number of nitrogens with one attached hydrogen (secondary N) is 1. The molecule has 2 aliphatic heterocycles. The van der Waals surface area contributed by atoms with Gasteiger partial charge in [0.1, 0.15) is 12.3 Å². The molecule has 3 aromatic rings. The highest BCUT2D eigenvalue weighted by Gasteiger charge is 2.48. The molecule has 0 bridgehead atoms. The first-order valence-electron chi connectivity index (χ1n) is 10.7. The molecule has 2 saturated heterocycles. The normalized spacial score (nSPS) is 24.4. The SMILES string of the molecule is CN1CCC(O)(c2cc(-c3cccc(-c4ccnc(NC5COCC(F)(F)C5)n4)n3)no2)C1=O. The van der Waals surface area contributed by atoms with E-state index < -0.39 is 30.1 Å². The third kappa shape index (κ3) is 4.21. The van der Waals surface area contributed by atoms with Crippen LogP contribution >= 0.6 is 0 Å². The largest absolute Gasteiger partial charge is 0.373 e. The number of aliphatic hydroxyl groups is 1. The molecule has 2 aliphatic rings. The first-order chi connectivity index (χ1) is 16.2. The number of halogens is 2. The number of pyridine rings is 1. The zero-order valence-corrected chi connectivity index (χ0v) is 18.2. The highest BCUT2D eigenvalue weighted by molar-refractivity contribution is 5.87. The Hall–Kier alpha value is -3.51. The van der Waals surface area contributed by atoms with Gasteiger partial charge < -0.3 is 24.6 Å². The lowest BCUT2D eigenvalue weighted by Gasteiger charge is -2.29. The molecule has 2 fully saturated rings. The molecule has 0 saturated carbocycles. The van der Waals surface area contributed by atoms with Crippen LogP contribution in [0.25, 0.3) is 22.8 Å². The second kappa shape index (κ2) is 8.37. The Kier molecular flexibility index (Phi) is 5.48. The molecule has 5 rings (SSSR count). The summed E-state index contributed by atoms with van der Waals surface area (Å²) in [5, 5.41) is 17.6. The van der Waals surface area contributed by atoms with Crippen LogP contribution < -0.4 is 5.32 Å². The van der Waals surface area contributed by atoms with Crippen LogP contribution in [0.5, 0.6) is 0 Å². The van der Waals surface area contributed by atoms with Crippen molar-refractivity contribution in [2.75, 3.05) is 32.1 Å². The Morgan fingerprint density at radius 3 is 2.68 bits per heavy atom. The minimum Gasteiger partial charge on any atom is -0.373 e. The first-order valence-corrected chi connectivity index (χ1v) is 10.7. The summed E-state index contributed by atoms with van der Waals surface area (Å²) < 4.78 is 37.5. The summed E-state index contributed by atoms with van der Waals surface area (Å²) in [6.07, 6.45) is 1.35. The van der Waals surface area contributed by atoms with Gasteiger partial charge >= 0.3 is 0 Å². The third-order valence-electron chi connectivity index (χ3n) is 5.87. The molecule has 2 atom stereocenters. The molecule has 5 heterocycles. The summed E-state index contributed by atoms with van der Waals surface area (Å²) in [5.74, 6) is -3.10. The van der Waals surface area contributed by atoms with Gasteiger partial charge in [-0.2, -0.15) is 0 Å². The lowest BCUT2D eigenvalue weighted by molar-refractivity contribution is -0.144. The van der Waals surface area contributed by atoms with Gasteiger partial charge in [-0.1, -0.05) is 11.2 Å². The number of carbonyl (C=O) groups excluding carboxylic acids is 1. The standard InChI is InChI=1S/C22H22F2N6O4/c1-30-8-6-22(32,19(30)31)18-9-17(29-34-18)15-4-2-3-14(27-15)16-5-7-25-20(28-16)26-13-10-21(23,24)12-33-11-13/h2-5,7,9,13,32H,6,8,10-12H2,1H3,(H,25,26,28). The number of carbonyl (C=O) groups is 1. The van der Waals surface area contributed by atoms with Crippen molar-refractivity contribution in [3.63, 3.8) is 0 Å². The molecule has 0 aromatic carbocycles. The van der Waals surface area contributed by atoms with E-state index in [-0.39, 0.29) is 31.2 Å². The second-order valence-electron chi connectivity index (χ2n) is 8.50. The molecule has 0 radical (unpaired) electrons. The van der Waals surface area contributed by atoms with E-state index in [0.717, 1.165) is 0 Å². The maximum atomic E-state index is 13.6. The van der Waals surface area contributed by atoms with Crippen LogP contribution in [-0.2, 0) is 15.1 Å². The maximum Gasteiger partial charge on any atom is 0.273 e. The second-order valence-corrected chi connectivity index (χ2v) is 8.50. The van der Waals surface area contributed by atoms with Gasteiger partial charge in [-0.3, -0.25) is 4.79 Å². The molecule has 1 amide bonds. The summed E-state index contributed by atoms with van der Waals surface area (Å²) in [4.78, 5) is 26.8. The zero-order valence-electron chi connectivity index (χ0n) is 18.2. The van der Waals surface area contributed by atoms with Gasteiger partial charge in [-0.25, -0.2) is 23.7 Å². The highest BCUT2D eigenvalue weighted by Crippen LogP contribution is 2.34. The third-order valence-corrected chi connectivity index (χ3v) is 5.87. The molecule has 34 heavy (non-hydrogen) atoms. The van der Waals surface area contributed by atoms with Gasteiger partial charge in [0.05, 0.1) is 29.7 Å². The fourth-order valence-corrected chi connectivity index (χ4v) is 4.07. The van der Waals surface area contributed by atoms with E-state index in [2.05, 4.69) is 25.4 Å². The summed E-state index contributed by atoms with van der Waals surface area (Å²) in [6, 6.07) is 7.72. The van der Waals surface area contributed by atoms with Crippen molar-refractivity contribution >= 4 is 11.9 Å². The van der Waals surface area contributed by atoms with Crippen LogP contribution in [0, 0.1) is 0 Å². The summed E-state index contributed by atoms with van der Waals surface area (Å²) in [6.45, 7) is -0.0430. The molecule has 0 aliphatic carbocycles. The molecule has 3 aromatic heterocycles. The van der Waals surface area contributed by atoms with Gasteiger partial charge in [-0.05, 0) is 18.2 Å². The fraction of sp³-hybridized carbons (Fsp3) is 0.409. The number of aromatic nitrogens is 4. The molecule has 178 valence electrons. The van der Waals surface area contributed by atoms with Gasteiger partial charge in [-0.15, -0.1) is 0 Å². The van der Waals surface area contributed by atoms with Crippen molar-refractivity contribution in [1.82, 2.24) is 25.0 Å². The number of hydrogen-bond acceptors (Lipinski definition) is 9. The topological polar surface area (TPSA) is 126 Å². The molecule has 10 nitrogen and oxygen atoms in total. The van der Waals surface area contributed by atoms with Crippen molar-refractivity contribution in [2.45, 2.75) is 30.4 Å².